The molecule has 0 aromatic heterocycles. The monoisotopic (exact) mass is 220 g/mol. The standard InChI is InChI=1S/C9H17ClN2O2/c1-4-12(5-7(11)13)8(14)9(2,3)6-10/h4-6H2,1-3H3,(H2,11,13). The summed E-state index contributed by atoms with van der Waals surface area (Å²) in [4.78, 5) is 23.9. The largest absolute Gasteiger partial charge is 0.368 e. The van der Waals surface area contributed by atoms with Gasteiger partial charge < -0.3 is 10.6 Å². The molecule has 5 heteroatoms. The van der Waals surface area contributed by atoms with Crippen LogP contribution in [0, 0.1) is 5.41 Å². The van der Waals surface area contributed by atoms with E-state index in [9.17, 15) is 9.59 Å². The highest BCUT2D eigenvalue weighted by Gasteiger charge is 2.30. The highest BCUT2D eigenvalue weighted by molar-refractivity contribution is 6.19. The lowest BCUT2D eigenvalue weighted by atomic mass is 9.94. The molecule has 0 heterocycles. The van der Waals surface area contributed by atoms with Gasteiger partial charge in [-0.3, -0.25) is 9.59 Å². The Morgan fingerprint density at radius 2 is 1.93 bits per heavy atom. The second-order valence-corrected chi connectivity index (χ2v) is 4.07. The van der Waals surface area contributed by atoms with E-state index in [0.29, 0.717) is 6.54 Å². The number of likely N-dealkylation sites (N-methyl/N-ethyl adjacent to an activating group) is 1. The maximum absolute atomic E-state index is 11.8. The van der Waals surface area contributed by atoms with Crippen LogP contribution in [0.5, 0.6) is 0 Å². The summed E-state index contributed by atoms with van der Waals surface area (Å²) in [5.41, 5.74) is 4.38. The number of alkyl halides is 1. The zero-order chi connectivity index (χ0) is 11.4. The number of nitrogens with two attached hydrogens (primary N) is 1. The maximum Gasteiger partial charge on any atom is 0.237 e. The van der Waals surface area contributed by atoms with Crippen molar-refractivity contribution in [3.8, 4) is 0 Å². The molecule has 0 aromatic rings. The number of nitrogens with zero attached hydrogens (tertiary/aromatic N) is 1. The van der Waals surface area contributed by atoms with Crippen molar-refractivity contribution >= 4 is 23.4 Å². The van der Waals surface area contributed by atoms with Gasteiger partial charge in [0.15, 0.2) is 0 Å². The molecule has 0 radical (unpaired) electrons. The van der Waals surface area contributed by atoms with Crippen molar-refractivity contribution in [1.29, 1.82) is 0 Å². The van der Waals surface area contributed by atoms with Gasteiger partial charge in [-0.25, -0.2) is 0 Å². The third-order valence-electron chi connectivity index (χ3n) is 1.93. The molecule has 0 unspecified atom stereocenters. The molecule has 0 rings (SSSR count). The van der Waals surface area contributed by atoms with Crippen LogP contribution in [0.15, 0.2) is 0 Å². The molecule has 14 heavy (non-hydrogen) atoms. The highest BCUT2D eigenvalue weighted by atomic mass is 35.5. The Labute approximate surface area is 89.4 Å². The molecule has 2 N–H and O–H groups in total. The molecule has 0 spiro atoms. The molecular weight excluding hydrogens is 204 g/mol. The van der Waals surface area contributed by atoms with Gasteiger partial charge in [0.25, 0.3) is 0 Å². The van der Waals surface area contributed by atoms with E-state index in [1.54, 1.807) is 20.8 Å². The summed E-state index contributed by atoms with van der Waals surface area (Å²) in [6.45, 7) is 5.70. The van der Waals surface area contributed by atoms with Gasteiger partial charge in [-0.15, -0.1) is 11.6 Å². The summed E-state index contributed by atoms with van der Waals surface area (Å²) < 4.78 is 0. The van der Waals surface area contributed by atoms with Gasteiger partial charge in [-0.1, -0.05) is 0 Å². The van der Waals surface area contributed by atoms with Crippen LogP contribution in [-0.4, -0.2) is 35.7 Å². The van der Waals surface area contributed by atoms with Gasteiger partial charge in [-0.05, 0) is 20.8 Å². The van der Waals surface area contributed by atoms with Crippen LogP contribution in [0.3, 0.4) is 0 Å². The van der Waals surface area contributed by atoms with Crippen LogP contribution in [0.4, 0.5) is 0 Å². The zero-order valence-corrected chi connectivity index (χ0v) is 9.60. The quantitative estimate of drug-likeness (QED) is 0.690. The normalized spacial score (nSPS) is 11.1. The molecule has 0 aliphatic carbocycles. The third kappa shape index (κ3) is 3.54. The molecular formula is C9H17ClN2O2. The van der Waals surface area contributed by atoms with Crippen molar-refractivity contribution in [1.82, 2.24) is 4.90 Å². The highest BCUT2D eigenvalue weighted by Crippen LogP contribution is 2.20. The first kappa shape index (κ1) is 13.2. The number of carbonyl (C=O) groups excluding carboxylic acids is 2. The van der Waals surface area contributed by atoms with Gasteiger partial charge in [0.1, 0.15) is 0 Å². The number of amides is 2. The Hall–Kier alpha value is -0.770. The summed E-state index contributed by atoms with van der Waals surface area (Å²) in [5.74, 6) is -0.430. The molecule has 0 fully saturated rings. The first-order valence-electron chi connectivity index (χ1n) is 4.48. The van der Waals surface area contributed by atoms with E-state index < -0.39 is 11.3 Å². The maximum atomic E-state index is 11.8. The number of halogens is 1. The van der Waals surface area contributed by atoms with Gasteiger partial charge in [0.2, 0.25) is 11.8 Å². The minimum absolute atomic E-state index is 0.0460. The predicted octanol–water partition coefficient (Wildman–Crippen LogP) is 0.585. The average molecular weight is 221 g/mol. The topological polar surface area (TPSA) is 63.4 Å². The molecule has 0 atom stereocenters. The van der Waals surface area contributed by atoms with Crippen LogP contribution in [-0.2, 0) is 9.59 Å². The summed E-state index contributed by atoms with van der Waals surface area (Å²) in [6.07, 6.45) is 0. The first-order chi connectivity index (χ1) is 6.35. The first-order valence-corrected chi connectivity index (χ1v) is 5.02. The number of hydrogen-bond acceptors (Lipinski definition) is 2. The molecule has 0 aliphatic heterocycles. The van der Waals surface area contributed by atoms with Crippen LogP contribution in [0.2, 0.25) is 0 Å². The second-order valence-electron chi connectivity index (χ2n) is 3.80. The van der Waals surface area contributed by atoms with E-state index in [0.717, 1.165) is 0 Å². The molecule has 2 amide bonds. The average Bonchev–Trinajstić information content (AvgIpc) is 2.12. The lowest BCUT2D eigenvalue weighted by molar-refractivity contribution is -0.141. The summed E-state index contributed by atoms with van der Waals surface area (Å²) in [7, 11) is 0. The van der Waals surface area contributed by atoms with Crippen molar-refractivity contribution in [3.63, 3.8) is 0 Å². The van der Waals surface area contributed by atoms with Crippen molar-refractivity contribution in [2.45, 2.75) is 20.8 Å². The molecule has 0 saturated heterocycles. The minimum Gasteiger partial charge on any atom is -0.368 e. The number of primary amides is 1. The SMILES string of the molecule is CCN(CC(N)=O)C(=O)C(C)(C)CCl. The molecule has 82 valence electrons. The smallest absolute Gasteiger partial charge is 0.237 e. The van der Waals surface area contributed by atoms with Crippen molar-refractivity contribution in [2.24, 2.45) is 11.1 Å². The Balaban J connectivity index is 4.54. The minimum atomic E-state index is -0.646. The fourth-order valence-electron chi connectivity index (χ4n) is 1.00. The lowest BCUT2D eigenvalue weighted by Crippen LogP contribution is -2.45. The van der Waals surface area contributed by atoms with Crippen LogP contribution in [0.1, 0.15) is 20.8 Å². The van der Waals surface area contributed by atoms with Gasteiger partial charge in [-0.2, -0.15) is 0 Å². The summed E-state index contributed by atoms with van der Waals surface area (Å²) >= 11 is 5.66. The Bertz CT molecular complexity index is 229. The van der Waals surface area contributed by atoms with Gasteiger partial charge >= 0.3 is 0 Å². The fourth-order valence-corrected chi connectivity index (χ4v) is 1.11. The Kier molecular flexibility index (Phi) is 4.91. The number of rotatable bonds is 5. The van der Waals surface area contributed by atoms with E-state index >= 15 is 0 Å². The Morgan fingerprint density at radius 3 is 2.21 bits per heavy atom. The third-order valence-corrected chi connectivity index (χ3v) is 2.60. The zero-order valence-electron chi connectivity index (χ0n) is 8.84. The predicted molar refractivity (Wildman–Crippen MR) is 55.9 cm³/mol. The van der Waals surface area contributed by atoms with Crippen LogP contribution in [0.25, 0.3) is 0 Å². The van der Waals surface area contributed by atoms with Gasteiger partial charge in [0.05, 0.1) is 12.0 Å². The molecule has 4 nitrogen and oxygen atoms in total. The van der Waals surface area contributed by atoms with E-state index in [1.807, 2.05) is 0 Å². The summed E-state index contributed by atoms with van der Waals surface area (Å²) in [5, 5.41) is 0. The van der Waals surface area contributed by atoms with E-state index in [-0.39, 0.29) is 18.3 Å². The summed E-state index contributed by atoms with van der Waals surface area (Å²) in [6, 6.07) is 0. The van der Waals surface area contributed by atoms with E-state index in [4.69, 9.17) is 17.3 Å². The van der Waals surface area contributed by atoms with E-state index in [1.165, 1.54) is 4.90 Å². The molecule has 0 saturated carbocycles. The lowest BCUT2D eigenvalue weighted by Gasteiger charge is -2.28. The van der Waals surface area contributed by atoms with Crippen molar-refractivity contribution in [2.75, 3.05) is 19.0 Å². The molecule has 0 aromatic carbocycles. The second kappa shape index (κ2) is 5.20. The Morgan fingerprint density at radius 1 is 1.43 bits per heavy atom. The van der Waals surface area contributed by atoms with E-state index in [2.05, 4.69) is 0 Å². The van der Waals surface area contributed by atoms with Gasteiger partial charge in [0, 0.05) is 12.4 Å². The molecule has 0 aliphatic rings. The van der Waals surface area contributed by atoms with Crippen molar-refractivity contribution < 1.29 is 9.59 Å². The molecule has 0 bridgehead atoms. The van der Waals surface area contributed by atoms with Crippen molar-refractivity contribution in [3.05, 3.63) is 0 Å². The number of hydrogen-bond donors (Lipinski definition) is 1. The number of carbonyl (C=O) groups is 2. The van der Waals surface area contributed by atoms with Crippen LogP contribution < -0.4 is 5.73 Å². The fraction of sp³-hybridized carbons (Fsp3) is 0.778. The van der Waals surface area contributed by atoms with Crippen LogP contribution >= 0.6 is 11.6 Å².